The van der Waals surface area contributed by atoms with Crippen LogP contribution < -0.4 is 5.69 Å². The Labute approximate surface area is 80.6 Å². The second-order valence-electron chi connectivity index (χ2n) is 3.56. The molecule has 1 aromatic heterocycles. The second-order valence-corrected chi connectivity index (χ2v) is 3.56. The maximum absolute atomic E-state index is 11.6. The zero-order chi connectivity index (χ0) is 10.1. The van der Waals surface area contributed by atoms with Gasteiger partial charge in [0.1, 0.15) is 0 Å². The van der Waals surface area contributed by atoms with Gasteiger partial charge < -0.3 is 5.11 Å². The van der Waals surface area contributed by atoms with Crippen molar-refractivity contribution in [3.63, 3.8) is 0 Å². The number of carbonyl (C=O) groups is 1. The molecule has 0 radical (unpaired) electrons. The lowest BCUT2D eigenvalue weighted by Gasteiger charge is -1.98. The summed E-state index contributed by atoms with van der Waals surface area (Å²) < 4.78 is 3.13. The summed E-state index contributed by atoms with van der Waals surface area (Å²) in [6, 6.07) is 0.355. The van der Waals surface area contributed by atoms with E-state index in [2.05, 4.69) is 0 Å². The van der Waals surface area contributed by atoms with Gasteiger partial charge in [-0.1, -0.05) is 0 Å². The number of carboxylic acid groups (broad SMARTS) is 1. The van der Waals surface area contributed by atoms with Crippen molar-refractivity contribution in [2.45, 2.75) is 31.8 Å². The van der Waals surface area contributed by atoms with E-state index >= 15 is 0 Å². The van der Waals surface area contributed by atoms with E-state index in [1.54, 1.807) is 17.0 Å². The molecule has 2 rings (SSSR count). The Hall–Kier alpha value is -1.52. The van der Waals surface area contributed by atoms with Crippen LogP contribution in [-0.2, 0) is 11.3 Å². The monoisotopic (exact) mass is 196 g/mol. The first-order chi connectivity index (χ1) is 6.68. The molecular weight excluding hydrogens is 184 g/mol. The van der Waals surface area contributed by atoms with Crippen LogP contribution >= 0.6 is 0 Å². The van der Waals surface area contributed by atoms with Crippen LogP contribution in [0.1, 0.15) is 25.3 Å². The topological polar surface area (TPSA) is 64.2 Å². The van der Waals surface area contributed by atoms with Crippen molar-refractivity contribution in [1.82, 2.24) is 9.13 Å². The zero-order valence-electron chi connectivity index (χ0n) is 7.72. The first-order valence-corrected chi connectivity index (χ1v) is 4.67. The summed E-state index contributed by atoms with van der Waals surface area (Å²) in [6.45, 7) is 0.258. The smallest absolute Gasteiger partial charge is 0.328 e. The van der Waals surface area contributed by atoms with Gasteiger partial charge in [0.05, 0.1) is 6.42 Å². The third-order valence-electron chi connectivity index (χ3n) is 2.38. The van der Waals surface area contributed by atoms with Crippen LogP contribution in [0.15, 0.2) is 17.2 Å². The number of aryl methyl sites for hydroxylation is 1. The van der Waals surface area contributed by atoms with E-state index < -0.39 is 5.97 Å². The number of imidazole rings is 1. The van der Waals surface area contributed by atoms with Gasteiger partial charge >= 0.3 is 11.7 Å². The van der Waals surface area contributed by atoms with Gasteiger partial charge in [-0.15, -0.1) is 0 Å². The molecule has 0 spiro atoms. The van der Waals surface area contributed by atoms with Crippen LogP contribution in [0.4, 0.5) is 0 Å². The molecule has 1 aromatic rings. The van der Waals surface area contributed by atoms with E-state index in [-0.39, 0.29) is 18.7 Å². The van der Waals surface area contributed by atoms with Gasteiger partial charge in [0.2, 0.25) is 0 Å². The zero-order valence-corrected chi connectivity index (χ0v) is 7.72. The molecule has 1 N–H and O–H groups in total. The molecule has 0 amide bonds. The van der Waals surface area contributed by atoms with Gasteiger partial charge in [-0.2, -0.15) is 0 Å². The van der Waals surface area contributed by atoms with Gasteiger partial charge in [0, 0.05) is 25.0 Å². The van der Waals surface area contributed by atoms with Crippen LogP contribution in [0, 0.1) is 0 Å². The van der Waals surface area contributed by atoms with E-state index in [4.69, 9.17) is 5.11 Å². The predicted molar refractivity (Wildman–Crippen MR) is 49.2 cm³/mol. The Morgan fingerprint density at radius 1 is 1.50 bits per heavy atom. The van der Waals surface area contributed by atoms with Crippen LogP contribution in [0.5, 0.6) is 0 Å². The Kier molecular flexibility index (Phi) is 2.15. The van der Waals surface area contributed by atoms with Gasteiger partial charge in [-0.05, 0) is 12.8 Å². The highest BCUT2D eigenvalue weighted by molar-refractivity contribution is 5.66. The maximum atomic E-state index is 11.6. The van der Waals surface area contributed by atoms with Crippen LogP contribution in [0.25, 0.3) is 0 Å². The summed E-state index contributed by atoms with van der Waals surface area (Å²) in [4.78, 5) is 21.9. The summed E-state index contributed by atoms with van der Waals surface area (Å²) in [5.41, 5.74) is -0.0891. The standard InChI is InChI=1S/C9H12N2O3/c12-8(13)3-4-10-5-6-11(9(10)14)7-1-2-7/h5-7H,1-4H2,(H,12,13). The molecule has 1 heterocycles. The average Bonchev–Trinajstić information content (AvgIpc) is 2.89. The minimum absolute atomic E-state index is 0.00537. The fourth-order valence-corrected chi connectivity index (χ4v) is 1.45. The van der Waals surface area contributed by atoms with E-state index in [1.807, 2.05) is 0 Å². The predicted octanol–water partition coefficient (Wildman–Crippen LogP) is 0.459. The molecule has 1 fully saturated rings. The molecule has 0 aliphatic heterocycles. The highest BCUT2D eigenvalue weighted by Crippen LogP contribution is 2.33. The molecule has 1 aliphatic rings. The van der Waals surface area contributed by atoms with Crippen molar-refractivity contribution < 1.29 is 9.90 Å². The van der Waals surface area contributed by atoms with Crippen molar-refractivity contribution in [2.24, 2.45) is 0 Å². The lowest BCUT2D eigenvalue weighted by atomic mass is 10.4. The maximum Gasteiger partial charge on any atom is 0.328 e. The summed E-state index contributed by atoms with van der Waals surface area (Å²) >= 11 is 0. The largest absolute Gasteiger partial charge is 0.481 e. The van der Waals surface area contributed by atoms with Gasteiger partial charge in [0.25, 0.3) is 0 Å². The fourth-order valence-electron chi connectivity index (χ4n) is 1.45. The second kappa shape index (κ2) is 3.32. The molecule has 14 heavy (non-hydrogen) atoms. The minimum Gasteiger partial charge on any atom is -0.481 e. The van der Waals surface area contributed by atoms with Crippen molar-refractivity contribution in [2.75, 3.05) is 0 Å². The fraction of sp³-hybridized carbons (Fsp3) is 0.556. The Morgan fingerprint density at radius 3 is 2.79 bits per heavy atom. The highest BCUT2D eigenvalue weighted by Gasteiger charge is 2.25. The molecule has 5 heteroatoms. The number of rotatable bonds is 4. The first-order valence-electron chi connectivity index (χ1n) is 4.67. The average molecular weight is 196 g/mol. The molecule has 0 bridgehead atoms. The highest BCUT2D eigenvalue weighted by atomic mass is 16.4. The van der Waals surface area contributed by atoms with Crippen molar-refractivity contribution in [3.05, 3.63) is 22.9 Å². The number of hydrogen-bond donors (Lipinski definition) is 1. The Bertz CT molecular complexity index is 400. The van der Waals surface area contributed by atoms with Crippen LogP contribution in [-0.4, -0.2) is 20.2 Å². The third kappa shape index (κ3) is 1.71. The van der Waals surface area contributed by atoms with Crippen LogP contribution in [0.3, 0.4) is 0 Å². The molecule has 1 saturated carbocycles. The quantitative estimate of drug-likeness (QED) is 0.760. The number of aromatic nitrogens is 2. The normalized spacial score (nSPS) is 15.7. The SMILES string of the molecule is O=C(O)CCn1ccn(C2CC2)c1=O. The number of hydrogen-bond acceptors (Lipinski definition) is 2. The van der Waals surface area contributed by atoms with Crippen molar-refractivity contribution in [1.29, 1.82) is 0 Å². The number of nitrogens with zero attached hydrogens (tertiary/aromatic N) is 2. The summed E-state index contributed by atoms with van der Waals surface area (Å²) in [5, 5.41) is 8.47. The molecule has 0 aromatic carbocycles. The lowest BCUT2D eigenvalue weighted by Crippen LogP contribution is -2.24. The van der Waals surface area contributed by atoms with E-state index in [9.17, 15) is 9.59 Å². The van der Waals surface area contributed by atoms with E-state index in [0.717, 1.165) is 12.8 Å². The number of aliphatic carboxylic acids is 1. The summed E-state index contributed by atoms with van der Waals surface area (Å²) in [5.74, 6) is -0.879. The third-order valence-corrected chi connectivity index (χ3v) is 2.38. The molecule has 0 saturated heterocycles. The molecule has 0 atom stereocenters. The van der Waals surface area contributed by atoms with E-state index in [1.165, 1.54) is 4.57 Å². The van der Waals surface area contributed by atoms with Crippen molar-refractivity contribution in [3.8, 4) is 0 Å². The van der Waals surface area contributed by atoms with Gasteiger partial charge in [-0.3, -0.25) is 13.9 Å². The van der Waals surface area contributed by atoms with Gasteiger partial charge in [-0.25, -0.2) is 4.79 Å². The molecule has 0 unspecified atom stereocenters. The first kappa shape index (κ1) is 9.05. The minimum atomic E-state index is -0.879. The lowest BCUT2D eigenvalue weighted by molar-refractivity contribution is -0.137. The molecule has 5 nitrogen and oxygen atoms in total. The summed E-state index contributed by atoms with van der Waals surface area (Å²) in [7, 11) is 0. The number of carboxylic acids is 1. The molecular formula is C9H12N2O3. The van der Waals surface area contributed by atoms with Crippen LogP contribution in [0.2, 0.25) is 0 Å². The Balaban J connectivity index is 2.10. The Morgan fingerprint density at radius 2 is 2.21 bits per heavy atom. The molecule has 1 aliphatic carbocycles. The van der Waals surface area contributed by atoms with E-state index in [0.29, 0.717) is 6.04 Å². The molecule has 76 valence electrons. The summed E-state index contributed by atoms with van der Waals surface area (Å²) in [6.07, 6.45) is 5.51. The van der Waals surface area contributed by atoms with Crippen molar-refractivity contribution >= 4 is 5.97 Å². The van der Waals surface area contributed by atoms with Gasteiger partial charge in [0.15, 0.2) is 0 Å².